The van der Waals surface area contributed by atoms with Crippen molar-refractivity contribution in [3.05, 3.63) is 65.0 Å². The highest BCUT2D eigenvalue weighted by atomic mass is 19.1. The van der Waals surface area contributed by atoms with Crippen molar-refractivity contribution in [2.24, 2.45) is 0 Å². The molecule has 0 radical (unpaired) electrons. The third kappa shape index (κ3) is 3.36. The van der Waals surface area contributed by atoms with Gasteiger partial charge in [-0.25, -0.2) is 4.39 Å². The SMILES string of the molecule is CCc1ccc(C(C#N)Nc2cc(C)cc(F)c2)cc1. The van der Waals surface area contributed by atoms with Crippen LogP contribution in [0.25, 0.3) is 0 Å². The number of nitrogens with one attached hydrogen (secondary N) is 1. The fraction of sp³-hybridized carbons (Fsp3) is 0.235. The summed E-state index contributed by atoms with van der Waals surface area (Å²) in [6.07, 6.45) is 0.966. The van der Waals surface area contributed by atoms with Gasteiger partial charge < -0.3 is 5.32 Å². The first-order valence-electron chi connectivity index (χ1n) is 6.64. The molecule has 0 heterocycles. The number of aryl methyl sites for hydroxylation is 2. The van der Waals surface area contributed by atoms with Gasteiger partial charge in [-0.05, 0) is 48.2 Å². The van der Waals surface area contributed by atoms with Crippen LogP contribution in [0.3, 0.4) is 0 Å². The summed E-state index contributed by atoms with van der Waals surface area (Å²) in [7, 11) is 0. The summed E-state index contributed by atoms with van der Waals surface area (Å²) in [5.74, 6) is -0.300. The van der Waals surface area contributed by atoms with Crippen LogP contribution in [0.1, 0.15) is 29.7 Å². The smallest absolute Gasteiger partial charge is 0.140 e. The Hall–Kier alpha value is -2.34. The first-order valence-corrected chi connectivity index (χ1v) is 6.64. The number of nitrogens with zero attached hydrogens (tertiary/aromatic N) is 1. The summed E-state index contributed by atoms with van der Waals surface area (Å²) in [6.45, 7) is 3.91. The predicted octanol–water partition coefficient (Wildman–Crippen LogP) is 4.37. The minimum absolute atomic E-state index is 0.300. The van der Waals surface area contributed by atoms with Crippen LogP contribution in [-0.2, 0) is 6.42 Å². The lowest BCUT2D eigenvalue weighted by atomic mass is 10.0. The molecule has 0 spiro atoms. The molecule has 2 aromatic carbocycles. The first-order chi connectivity index (χ1) is 9.62. The Morgan fingerprint density at radius 2 is 1.90 bits per heavy atom. The van der Waals surface area contributed by atoms with E-state index in [0.717, 1.165) is 17.5 Å². The monoisotopic (exact) mass is 268 g/mol. The van der Waals surface area contributed by atoms with Gasteiger partial charge in [-0.2, -0.15) is 5.26 Å². The molecule has 0 saturated heterocycles. The van der Waals surface area contributed by atoms with E-state index in [1.807, 2.05) is 37.3 Å². The fourth-order valence-electron chi connectivity index (χ4n) is 2.12. The molecule has 0 fully saturated rings. The number of nitriles is 1. The van der Waals surface area contributed by atoms with Gasteiger partial charge in [-0.3, -0.25) is 0 Å². The standard InChI is InChI=1S/C17H17FN2/c1-3-13-4-6-14(7-5-13)17(11-19)20-16-9-12(2)8-15(18)10-16/h4-10,17,20H,3H2,1-2H3. The average Bonchev–Trinajstić information content (AvgIpc) is 2.44. The zero-order valence-electron chi connectivity index (χ0n) is 11.7. The first kappa shape index (κ1) is 14.1. The molecule has 2 aromatic rings. The second-order valence-corrected chi connectivity index (χ2v) is 4.82. The van der Waals surface area contributed by atoms with E-state index in [1.54, 1.807) is 0 Å². The molecule has 0 amide bonds. The van der Waals surface area contributed by atoms with Crippen molar-refractivity contribution >= 4 is 5.69 Å². The van der Waals surface area contributed by atoms with E-state index < -0.39 is 6.04 Å². The van der Waals surface area contributed by atoms with Crippen molar-refractivity contribution in [3.8, 4) is 6.07 Å². The third-order valence-corrected chi connectivity index (χ3v) is 3.20. The lowest BCUT2D eigenvalue weighted by molar-refractivity contribution is 0.627. The highest BCUT2D eigenvalue weighted by Gasteiger charge is 2.10. The van der Waals surface area contributed by atoms with E-state index in [1.165, 1.54) is 17.7 Å². The predicted molar refractivity (Wildman–Crippen MR) is 78.9 cm³/mol. The number of halogens is 1. The van der Waals surface area contributed by atoms with Crippen molar-refractivity contribution in [1.29, 1.82) is 5.26 Å². The van der Waals surface area contributed by atoms with E-state index in [9.17, 15) is 9.65 Å². The maximum absolute atomic E-state index is 13.4. The van der Waals surface area contributed by atoms with Gasteiger partial charge in [-0.15, -0.1) is 0 Å². The van der Waals surface area contributed by atoms with Crippen molar-refractivity contribution in [3.63, 3.8) is 0 Å². The second-order valence-electron chi connectivity index (χ2n) is 4.82. The molecule has 20 heavy (non-hydrogen) atoms. The van der Waals surface area contributed by atoms with Crippen LogP contribution < -0.4 is 5.32 Å². The molecule has 0 aliphatic heterocycles. The normalized spacial score (nSPS) is 11.7. The Morgan fingerprint density at radius 1 is 1.20 bits per heavy atom. The van der Waals surface area contributed by atoms with E-state index in [0.29, 0.717) is 5.69 Å². The molecule has 3 heteroatoms. The van der Waals surface area contributed by atoms with Crippen LogP contribution in [-0.4, -0.2) is 0 Å². The maximum atomic E-state index is 13.4. The summed E-state index contributed by atoms with van der Waals surface area (Å²) in [5.41, 5.74) is 3.55. The van der Waals surface area contributed by atoms with Crippen LogP contribution in [0.2, 0.25) is 0 Å². The van der Waals surface area contributed by atoms with Gasteiger partial charge >= 0.3 is 0 Å². The van der Waals surface area contributed by atoms with E-state index in [2.05, 4.69) is 18.3 Å². The van der Waals surface area contributed by atoms with Crippen LogP contribution in [0.5, 0.6) is 0 Å². The molecule has 0 aromatic heterocycles. The van der Waals surface area contributed by atoms with Crippen molar-refractivity contribution in [2.45, 2.75) is 26.3 Å². The lowest BCUT2D eigenvalue weighted by Gasteiger charge is -2.14. The fourth-order valence-corrected chi connectivity index (χ4v) is 2.12. The zero-order valence-corrected chi connectivity index (χ0v) is 11.7. The summed E-state index contributed by atoms with van der Waals surface area (Å²) in [4.78, 5) is 0. The molecule has 1 N–H and O–H groups in total. The Bertz CT molecular complexity index is 606. The average molecular weight is 268 g/mol. The molecule has 0 saturated carbocycles. The molecule has 1 atom stereocenters. The molecule has 2 nitrogen and oxygen atoms in total. The van der Waals surface area contributed by atoms with Crippen molar-refractivity contribution in [2.75, 3.05) is 5.32 Å². The van der Waals surface area contributed by atoms with Gasteiger partial charge in [0.05, 0.1) is 6.07 Å². The second kappa shape index (κ2) is 6.21. The summed E-state index contributed by atoms with van der Waals surface area (Å²) >= 11 is 0. The van der Waals surface area contributed by atoms with Crippen LogP contribution in [0, 0.1) is 24.1 Å². The number of benzene rings is 2. The van der Waals surface area contributed by atoms with E-state index in [-0.39, 0.29) is 5.82 Å². The van der Waals surface area contributed by atoms with Gasteiger partial charge in [-0.1, -0.05) is 31.2 Å². The molecule has 1 unspecified atom stereocenters. The largest absolute Gasteiger partial charge is 0.366 e. The van der Waals surface area contributed by atoms with Crippen molar-refractivity contribution in [1.82, 2.24) is 0 Å². The Balaban J connectivity index is 2.22. The minimum Gasteiger partial charge on any atom is -0.366 e. The number of rotatable bonds is 4. The topological polar surface area (TPSA) is 35.8 Å². The van der Waals surface area contributed by atoms with Gasteiger partial charge in [0.15, 0.2) is 0 Å². The number of hydrogen-bond donors (Lipinski definition) is 1. The van der Waals surface area contributed by atoms with Crippen LogP contribution >= 0.6 is 0 Å². The Morgan fingerprint density at radius 3 is 2.45 bits per heavy atom. The highest BCUT2D eigenvalue weighted by Crippen LogP contribution is 2.21. The maximum Gasteiger partial charge on any atom is 0.140 e. The molecule has 0 aliphatic carbocycles. The number of anilines is 1. The Kier molecular flexibility index (Phi) is 4.37. The highest BCUT2D eigenvalue weighted by molar-refractivity contribution is 5.49. The van der Waals surface area contributed by atoms with Gasteiger partial charge in [0, 0.05) is 5.69 Å². The quantitative estimate of drug-likeness (QED) is 0.893. The molecule has 0 aliphatic rings. The summed E-state index contributed by atoms with van der Waals surface area (Å²) < 4.78 is 13.4. The molecule has 0 bridgehead atoms. The Labute approximate surface area is 118 Å². The van der Waals surface area contributed by atoms with Gasteiger partial charge in [0.1, 0.15) is 11.9 Å². The molecule has 2 rings (SSSR count). The zero-order chi connectivity index (χ0) is 14.5. The van der Waals surface area contributed by atoms with Gasteiger partial charge in [0.25, 0.3) is 0 Å². The molecular weight excluding hydrogens is 251 g/mol. The number of hydrogen-bond acceptors (Lipinski definition) is 2. The third-order valence-electron chi connectivity index (χ3n) is 3.20. The van der Waals surface area contributed by atoms with Crippen LogP contribution in [0.4, 0.5) is 10.1 Å². The van der Waals surface area contributed by atoms with E-state index >= 15 is 0 Å². The summed E-state index contributed by atoms with van der Waals surface area (Å²) in [5, 5.41) is 12.4. The molecule has 102 valence electrons. The van der Waals surface area contributed by atoms with Crippen molar-refractivity contribution < 1.29 is 4.39 Å². The van der Waals surface area contributed by atoms with E-state index in [4.69, 9.17) is 0 Å². The lowest BCUT2D eigenvalue weighted by Crippen LogP contribution is -2.08. The summed E-state index contributed by atoms with van der Waals surface area (Å²) in [6, 6.07) is 14.3. The molecular formula is C17H17FN2. The van der Waals surface area contributed by atoms with Crippen LogP contribution in [0.15, 0.2) is 42.5 Å². The van der Waals surface area contributed by atoms with Gasteiger partial charge in [0.2, 0.25) is 0 Å². The minimum atomic E-state index is -0.484.